The first-order valence-corrected chi connectivity index (χ1v) is 25.2. The van der Waals surface area contributed by atoms with Crippen molar-refractivity contribution < 1.29 is 19.8 Å². The Balaban J connectivity index is 3.61. The number of hydrogen-bond acceptors (Lipinski definition) is 6. The van der Waals surface area contributed by atoms with Crippen molar-refractivity contribution in [2.75, 3.05) is 24.6 Å². The maximum Gasteiger partial charge on any atom is 0.321 e. The minimum Gasteiger partial charge on any atom is -0.480 e. The van der Waals surface area contributed by atoms with E-state index in [-0.39, 0.29) is 0 Å². The Kier molecular flexibility index (Phi) is 42.9. The normalized spacial score (nSPS) is 12.7. The molecule has 52 heavy (non-hydrogen) atoms. The molecule has 0 amide bonds. The maximum absolute atomic E-state index is 11.8. The summed E-state index contributed by atoms with van der Waals surface area (Å²) < 4.78 is 0. The van der Waals surface area contributed by atoms with Crippen LogP contribution in [0, 0.1) is 0 Å². The highest BCUT2D eigenvalue weighted by Gasteiger charge is 2.19. The van der Waals surface area contributed by atoms with Crippen LogP contribution in [0.3, 0.4) is 0 Å². The zero-order valence-electron chi connectivity index (χ0n) is 34.6. The zero-order valence-corrected chi connectivity index (χ0v) is 36.2. The van der Waals surface area contributed by atoms with E-state index in [1.807, 2.05) is 0 Å². The maximum atomic E-state index is 11.8. The van der Waals surface area contributed by atoms with E-state index in [4.69, 9.17) is 0 Å². The van der Waals surface area contributed by atoms with Crippen LogP contribution in [0.25, 0.3) is 0 Å². The van der Waals surface area contributed by atoms with Crippen LogP contribution in [0.2, 0.25) is 0 Å². The summed E-state index contributed by atoms with van der Waals surface area (Å²) in [6.45, 7) is 6.00. The molecule has 0 aromatic rings. The van der Waals surface area contributed by atoms with Crippen LogP contribution in [0.5, 0.6) is 0 Å². The van der Waals surface area contributed by atoms with Gasteiger partial charge in [-0.15, -0.1) is 0 Å². The molecule has 0 radical (unpaired) electrons. The van der Waals surface area contributed by atoms with Gasteiger partial charge in [0.15, 0.2) is 0 Å². The van der Waals surface area contributed by atoms with Gasteiger partial charge < -0.3 is 20.8 Å². The van der Waals surface area contributed by atoms with E-state index in [1.54, 1.807) is 0 Å². The Morgan fingerprint density at radius 2 is 0.558 bits per heavy atom. The Labute approximate surface area is 331 Å². The molecular formula is C44H88N2O4S2. The fourth-order valence-corrected chi connectivity index (χ4v) is 9.30. The molecule has 6 nitrogen and oxygen atoms in total. The summed E-state index contributed by atoms with van der Waals surface area (Å²) in [4.78, 5) is 23.5. The predicted molar refractivity (Wildman–Crippen MR) is 232 cm³/mol. The van der Waals surface area contributed by atoms with Crippen molar-refractivity contribution in [3.05, 3.63) is 0 Å². The van der Waals surface area contributed by atoms with Gasteiger partial charge in [-0.05, 0) is 25.9 Å². The van der Waals surface area contributed by atoms with Gasteiger partial charge in [-0.25, -0.2) is 0 Å². The summed E-state index contributed by atoms with van der Waals surface area (Å²) in [5.41, 5.74) is 0. The van der Waals surface area contributed by atoms with Crippen molar-refractivity contribution >= 4 is 33.5 Å². The van der Waals surface area contributed by atoms with Crippen LogP contribution >= 0.6 is 21.6 Å². The summed E-state index contributed by atoms with van der Waals surface area (Å²) in [5, 5.41) is 25.7. The Morgan fingerprint density at radius 3 is 0.750 bits per heavy atom. The number of unbranched alkanes of at least 4 members (excludes halogenated alkanes) is 32. The van der Waals surface area contributed by atoms with Crippen LogP contribution < -0.4 is 10.6 Å². The summed E-state index contributed by atoms with van der Waals surface area (Å²) in [7, 11) is 2.92. The third-order valence-corrected chi connectivity index (χ3v) is 12.9. The van der Waals surface area contributed by atoms with Gasteiger partial charge in [0.25, 0.3) is 0 Å². The average molecular weight is 773 g/mol. The molecule has 0 saturated heterocycles. The second kappa shape index (κ2) is 43.3. The number of rotatable bonds is 45. The van der Waals surface area contributed by atoms with E-state index in [2.05, 4.69) is 24.5 Å². The standard InChI is InChI=1S/C44H88N2O4S2/c1-3-5-7-9-11-13-15-17-18-19-20-21-22-23-24-26-28-30-32-34-36-38-46-42(44(49)50)40-52-51-39-41(43(47)48)45-37-35-33-31-29-27-25-16-14-12-10-8-6-4-2/h41-42,45-46H,3-40H2,1-2H3,(H,47,48)(H,49,50). The lowest BCUT2D eigenvalue weighted by molar-refractivity contribution is -0.139. The van der Waals surface area contributed by atoms with Gasteiger partial charge in [0.2, 0.25) is 0 Å². The Bertz CT molecular complexity index is 745. The van der Waals surface area contributed by atoms with Crippen molar-refractivity contribution in [3.8, 4) is 0 Å². The lowest BCUT2D eigenvalue weighted by Crippen LogP contribution is -2.40. The van der Waals surface area contributed by atoms with E-state index in [0.29, 0.717) is 11.5 Å². The van der Waals surface area contributed by atoms with Gasteiger partial charge in [0.05, 0.1) is 0 Å². The summed E-state index contributed by atoms with van der Waals surface area (Å²) >= 11 is 0. The largest absolute Gasteiger partial charge is 0.480 e. The molecule has 0 heterocycles. The first kappa shape index (κ1) is 51.6. The molecular weight excluding hydrogens is 685 g/mol. The third kappa shape index (κ3) is 39.3. The Morgan fingerprint density at radius 1 is 0.365 bits per heavy atom. The molecule has 0 spiro atoms. The molecule has 310 valence electrons. The van der Waals surface area contributed by atoms with Gasteiger partial charge in [-0.3, -0.25) is 9.59 Å². The molecule has 0 bridgehead atoms. The monoisotopic (exact) mass is 773 g/mol. The van der Waals surface area contributed by atoms with Crippen LogP contribution in [0.15, 0.2) is 0 Å². The van der Waals surface area contributed by atoms with Gasteiger partial charge >= 0.3 is 11.9 Å². The number of carbonyl (C=O) groups is 2. The number of carboxylic acid groups (broad SMARTS) is 2. The summed E-state index contributed by atoms with van der Waals surface area (Å²) in [6, 6.07) is -1.19. The van der Waals surface area contributed by atoms with Gasteiger partial charge in [-0.2, -0.15) is 0 Å². The molecule has 0 aliphatic rings. The van der Waals surface area contributed by atoms with Gasteiger partial charge in [0, 0.05) is 11.5 Å². The van der Waals surface area contributed by atoms with E-state index < -0.39 is 24.0 Å². The summed E-state index contributed by atoms with van der Waals surface area (Å²) in [6.07, 6.45) is 45.6. The molecule has 0 saturated carbocycles. The fraction of sp³-hybridized carbons (Fsp3) is 0.955. The minimum atomic E-state index is -0.828. The second-order valence-electron chi connectivity index (χ2n) is 15.6. The van der Waals surface area contributed by atoms with E-state index in [1.165, 1.54) is 214 Å². The average Bonchev–Trinajstić information content (AvgIpc) is 3.13. The molecule has 0 aromatic carbocycles. The van der Waals surface area contributed by atoms with E-state index in [0.717, 1.165) is 38.8 Å². The van der Waals surface area contributed by atoms with E-state index >= 15 is 0 Å². The van der Waals surface area contributed by atoms with Crippen molar-refractivity contribution in [1.29, 1.82) is 0 Å². The first-order chi connectivity index (χ1) is 25.5. The third-order valence-electron chi connectivity index (χ3n) is 10.5. The lowest BCUT2D eigenvalue weighted by atomic mass is 10.0. The van der Waals surface area contributed by atoms with Crippen LogP contribution in [0.1, 0.15) is 232 Å². The fourth-order valence-electron chi connectivity index (χ4n) is 6.92. The first-order valence-electron chi connectivity index (χ1n) is 22.7. The molecule has 0 rings (SSSR count). The van der Waals surface area contributed by atoms with Gasteiger partial charge in [0.1, 0.15) is 12.1 Å². The SMILES string of the molecule is CCCCCCCCCCCCCCCCCCCCCCCNC(CSSCC(NCCCCCCCCCCCCCCC)C(=O)O)C(=O)O. The lowest BCUT2D eigenvalue weighted by Gasteiger charge is -2.16. The highest BCUT2D eigenvalue weighted by molar-refractivity contribution is 8.76. The smallest absolute Gasteiger partial charge is 0.321 e. The highest BCUT2D eigenvalue weighted by Crippen LogP contribution is 2.23. The molecule has 8 heteroatoms. The number of hydrogen-bond donors (Lipinski definition) is 4. The molecule has 0 aromatic heterocycles. The van der Waals surface area contributed by atoms with Crippen molar-refractivity contribution in [3.63, 3.8) is 0 Å². The molecule has 0 aliphatic heterocycles. The minimum absolute atomic E-state index is 0.435. The Hall–Kier alpha value is -0.440. The van der Waals surface area contributed by atoms with Crippen molar-refractivity contribution in [2.24, 2.45) is 0 Å². The molecule has 0 aliphatic carbocycles. The number of aliphatic carboxylic acids is 2. The topological polar surface area (TPSA) is 98.7 Å². The van der Waals surface area contributed by atoms with Crippen molar-refractivity contribution in [2.45, 2.75) is 244 Å². The predicted octanol–water partition coefficient (Wildman–Crippen LogP) is 13.8. The number of nitrogens with one attached hydrogen (secondary N) is 2. The van der Waals surface area contributed by atoms with Crippen molar-refractivity contribution in [1.82, 2.24) is 10.6 Å². The quantitative estimate of drug-likeness (QED) is 0.0359. The molecule has 0 fully saturated rings. The highest BCUT2D eigenvalue weighted by atomic mass is 33.1. The van der Waals surface area contributed by atoms with Crippen LogP contribution in [-0.4, -0.2) is 58.8 Å². The zero-order chi connectivity index (χ0) is 38.0. The molecule has 2 unspecified atom stereocenters. The molecule has 4 N–H and O–H groups in total. The van der Waals surface area contributed by atoms with E-state index in [9.17, 15) is 19.8 Å². The number of carboxylic acids is 2. The second-order valence-corrected chi connectivity index (χ2v) is 18.1. The van der Waals surface area contributed by atoms with Crippen LogP contribution in [-0.2, 0) is 9.59 Å². The summed E-state index contributed by atoms with van der Waals surface area (Å²) in [5.74, 6) is -0.785. The van der Waals surface area contributed by atoms with Gasteiger partial charge in [-0.1, -0.05) is 241 Å². The molecule has 2 atom stereocenters. The van der Waals surface area contributed by atoms with Crippen LogP contribution in [0.4, 0.5) is 0 Å².